The van der Waals surface area contributed by atoms with E-state index in [9.17, 15) is 5.11 Å². The van der Waals surface area contributed by atoms with E-state index >= 15 is 0 Å². The Kier molecular flexibility index (Phi) is 4.91. The maximum absolute atomic E-state index is 9.62. The minimum Gasteiger partial charge on any atom is -0.490 e. The van der Waals surface area contributed by atoms with Crippen LogP contribution in [0, 0.1) is 5.41 Å². The Bertz CT molecular complexity index is 568. The van der Waals surface area contributed by atoms with E-state index in [1.807, 2.05) is 18.2 Å². The van der Waals surface area contributed by atoms with Gasteiger partial charge in [0.2, 0.25) is 0 Å². The quantitative estimate of drug-likeness (QED) is 0.584. The number of hydrogen-bond acceptors (Lipinski definition) is 4. The smallest absolute Gasteiger partial charge is 0.193 e. The van der Waals surface area contributed by atoms with Gasteiger partial charge in [0.25, 0.3) is 0 Å². The molecule has 0 atom stereocenters. The maximum atomic E-state index is 9.62. The number of fused-ring (bicyclic) bond motifs is 1. The zero-order valence-corrected chi connectivity index (χ0v) is 13.4. The van der Waals surface area contributed by atoms with Crippen LogP contribution >= 0.6 is 0 Å². The van der Waals surface area contributed by atoms with Crippen LogP contribution in [0.1, 0.15) is 32.1 Å². The van der Waals surface area contributed by atoms with E-state index in [0.29, 0.717) is 25.7 Å². The highest BCUT2D eigenvalue weighted by molar-refractivity contribution is 5.92. The fourth-order valence-electron chi connectivity index (χ4n) is 3.17. The van der Waals surface area contributed by atoms with Crippen LogP contribution in [-0.4, -0.2) is 37.4 Å². The van der Waals surface area contributed by atoms with E-state index in [0.717, 1.165) is 49.3 Å². The van der Waals surface area contributed by atoms with Crippen molar-refractivity contribution in [2.45, 2.75) is 32.1 Å². The molecule has 0 radical (unpaired) electrons. The van der Waals surface area contributed by atoms with Crippen LogP contribution in [0.25, 0.3) is 0 Å². The van der Waals surface area contributed by atoms with Crippen LogP contribution in [0.5, 0.6) is 11.5 Å². The van der Waals surface area contributed by atoms with Gasteiger partial charge in [0.1, 0.15) is 0 Å². The van der Waals surface area contributed by atoms with Crippen LogP contribution in [0.4, 0.5) is 5.69 Å². The largest absolute Gasteiger partial charge is 0.490 e. The van der Waals surface area contributed by atoms with E-state index in [-0.39, 0.29) is 12.0 Å². The fraction of sp³-hybridized carbons (Fsp3) is 0.588. The second-order valence-electron chi connectivity index (χ2n) is 6.40. The molecule has 0 spiro atoms. The number of nitrogens with two attached hydrogens (primary N) is 1. The van der Waals surface area contributed by atoms with Crippen LogP contribution in [0.15, 0.2) is 23.2 Å². The van der Waals surface area contributed by atoms with Gasteiger partial charge in [-0.25, -0.2) is 0 Å². The first-order valence-electron chi connectivity index (χ1n) is 8.28. The summed E-state index contributed by atoms with van der Waals surface area (Å²) in [5, 5.41) is 12.7. The SMILES string of the molecule is NC(=NCC1(CO)CCCC1)Nc1ccc2c(c1)OCCCO2. The summed E-state index contributed by atoms with van der Waals surface area (Å²) in [6, 6.07) is 5.65. The predicted molar refractivity (Wildman–Crippen MR) is 90.1 cm³/mol. The first-order chi connectivity index (χ1) is 11.2. The van der Waals surface area contributed by atoms with Crippen molar-refractivity contribution in [1.29, 1.82) is 0 Å². The molecular formula is C17H25N3O3. The number of anilines is 1. The zero-order chi connectivity index (χ0) is 16.1. The van der Waals surface area contributed by atoms with Gasteiger partial charge in [-0.1, -0.05) is 12.8 Å². The third kappa shape index (κ3) is 3.88. The van der Waals surface area contributed by atoms with E-state index in [4.69, 9.17) is 15.2 Å². The molecule has 1 saturated carbocycles. The number of nitrogens with zero attached hydrogens (tertiary/aromatic N) is 1. The highest BCUT2D eigenvalue weighted by Crippen LogP contribution is 2.38. The molecule has 0 amide bonds. The van der Waals surface area contributed by atoms with E-state index < -0.39 is 0 Å². The van der Waals surface area contributed by atoms with Crippen molar-refractivity contribution in [3.05, 3.63) is 18.2 Å². The molecule has 1 heterocycles. The van der Waals surface area contributed by atoms with Gasteiger partial charge >= 0.3 is 0 Å². The summed E-state index contributed by atoms with van der Waals surface area (Å²) >= 11 is 0. The Balaban J connectivity index is 1.64. The van der Waals surface area contributed by atoms with Crippen molar-refractivity contribution in [3.8, 4) is 11.5 Å². The fourth-order valence-corrected chi connectivity index (χ4v) is 3.17. The van der Waals surface area contributed by atoms with Crippen LogP contribution < -0.4 is 20.5 Å². The number of ether oxygens (including phenoxy) is 2. The summed E-state index contributed by atoms with van der Waals surface area (Å²) in [6.07, 6.45) is 5.23. The van der Waals surface area contributed by atoms with Gasteiger partial charge in [-0.05, 0) is 25.0 Å². The van der Waals surface area contributed by atoms with Gasteiger partial charge in [0.05, 0.1) is 26.4 Å². The minimum atomic E-state index is -0.0863. The molecular weight excluding hydrogens is 294 g/mol. The van der Waals surface area contributed by atoms with Gasteiger partial charge in [-0.3, -0.25) is 4.99 Å². The second-order valence-corrected chi connectivity index (χ2v) is 6.40. The van der Waals surface area contributed by atoms with Gasteiger partial charge in [-0.15, -0.1) is 0 Å². The number of aliphatic imine (C=N–C) groups is 1. The number of benzene rings is 1. The number of nitrogens with one attached hydrogen (secondary N) is 1. The number of rotatable bonds is 4. The number of aliphatic hydroxyl groups is 1. The van der Waals surface area contributed by atoms with E-state index in [1.54, 1.807) is 0 Å². The number of guanidine groups is 1. The Hall–Kier alpha value is -1.95. The van der Waals surface area contributed by atoms with Gasteiger partial charge in [0.15, 0.2) is 17.5 Å². The topological polar surface area (TPSA) is 89.1 Å². The van der Waals surface area contributed by atoms with Gasteiger partial charge in [-0.2, -0.15) is 0 Å². The average molecular weight is 319 g/mol. The Morgan fingerprint density at radius 2 is 1.91 bits per heavy atom. The predicted octanol–water partition coefficient (Wildman–Crippen LogP) is 2.13. The molecule has 4 N–H and O–H groups in total. The standard InChI is InChI=1S/C17H25N3O3/c18-16(19-11-17(12-21)6-1-2-7-17)20-13-4-5-14-15(10-13)23-9-3-8-22-14/h4-5,10,21H,1-3,6-9,11-12H2,(H3,18,19,20). The maximum Gasteiger partial charge on any atom is 0.193 e. The molecule has 6 heteroatoms. The summed E-state index contributed by atoms with van der Waals surface area (Å²) in [6.45, 7) is 2.06. The Morgan fingerprint density at radius 3 is 2.65 bits per heavy atom. The van der Waals surface area contributed by atoms with E-state index in [1.165, 1.54) is 0 Å². The van der Waals surface area contributed by atoms with Crippen LogP contribution in [0.2, 0.25) is 0 Å². The van der Waals surface area contributed by atoms with Crippen molar-refractivity contribution < 1.29 is 14.6 Å². The molecule has 0 bridgehead atoms. The number of hydrogen-bond donors (Lipinski definition) is 3. The van der Waals surface area contributed by atoms with Crippen molar-refractivity contribution in [2.24, 2.45) is 16.1 Å². The molecule has 0 aromatic heterocycles. The molecule has 2 aliphatic rings. The molecule has 126 valence electrons. The highest BCUT2D eigenvalue weighted by Gasteiger charge is 2.32. The summed E-state index contributed by atoms with van der Waals surface area (Å²) in [5.74, 6) is 1.84. The molecule has 1 aromatic rings. The zero-order valence-electron chi connectivity index (χ0n) is 13.4. The van der Waals surface area contributed by atoms with Crippen molar-refractivity contribution in [2.75, 3.05) is 31.7 Å². The molecule has 3 rings (SSSR count). The number of aliphatic hydroxyl groups excluding tert-OH is 1. The third-order valence-corrected chi connectivity index (χ3v) is 4.60. The molecule has 1 fully saturated rings. The third-order valence-electron chi connectivity index (χ3n) is 4.60. The Morgan fingerprint density at radius 1 is 1.17 bits per heavy atom. The second kappa shape index (κ2) is 7.08. The molecule has 23 heavy (non-hydrogen) atoms. The molecule has 1 aliphatic heterocycles. The molecule has 0 saturated heterocycles. The van der Waals surface area contributed by atoms with E-state index in [2.05, 4.69) is 10.3 Å². The lowest BCUT2D eigenvalue weighted by Crippen LogP contribution is -2.29. The lowest BCUT2D eigenvalue weighted by Gasteiger charge is -2.24. The lowest BCUT2D eigenvalue weighted by atomic mass is 9.87. The van der Waals surface area contributed by atoms with Crippen LogP contribution in [0.3, 0.4) is 0 Å². The molecule has 0 unspecified atom stereocenters. The first-order valence-corrected chi connectivity index (χ1v) is 8.28. The van der Waals surface area contributed by atoms with Crippen LogP contribution in [-0.2, 0) is 0 Å². The summed E-state index contributed by atoms with van der Waals surface area (Å²) in [4.78, 5) is 4.43. The summed E-state index contributed by atoms with van der Waals surface area (Å²) in [5.41, 5.74) is 6.72. The van der Waals surface area contributed by atoms with Crippen molar-refractivity contribution in [1.82, 2.24) is 0 Å². The first kappa shape index (κ1) is 15.9. The minimum absolute atomic E-state index is 0.0863. The summed E-state index contributed by atoms with van der Waals surface area (Å²) < 4.78 is 11.3. The molecule has 1 aliphatic carbocycles. The van der Waals surface area contributed by atoms with Crippen molar-refractivity contribution >= 4 is 11.6 Å². The summed E-state index contributed by atoms with van der Waals surface area (Å²) in [7, 11) is 0. The van der Waals surface area contributed by atoms with Crippen molar-refractivity contribution in [3.63, 3.8) is 0 Å². The highest BCUT2D eigenvalue weighted by atomic mass is 16.5. The molecule has 6 nitrogen and oxygen atoms in total. The average Bonchev–Trinajstić information content (AvgIpc) is 2.92. The Labute approximate surface area is 136 Å². The van der Waals surface area contributed by atoms with Gasteiger partial charge < -0.3 is 25.6 Å². The monoisotopic (exact) mass is 319 g/mol. The lowest BCUT2D eigenvalue weighted by molar-refractivity contribution is 0.139. The normalized spacial score (nSPS) is 20.1. The van der Waals surface area contributed by atoms with Gasteiger partial charge in [0, 0.05) is 23.6 Å². The molecule has 1 aromatic carbocycles.